The minimum atomic E-state index is 0.243. The SMILES string of the molecule is CCNC(C)c1sc(CC(C)OC)nc1C. The van der Waals surface area contributed by atoms with E-state index >= 15 is 0 Å². The van der Waals surface area contributed by atoms with Crippen molar-refractivity contribution in [3.05, 3.63) is 15.6 Å². The lowest BCUT2D eigenvalue weighted by atomic mass is 10.2. The number of aromatic nitrogens is 1. The predicted octanol–water partition coefficient (Wildman–Crippen LogP) is 2.70. The molecular weight excluding hydrogens is 220 g/mol. The van der Waals surface area contributed by atoms with Gasteiger partial charge < -0.3 is 10.1 Å². The molecule has 16 heavy (non-hydrogen) atoms. The molecule has 1 rings (SSSR count). The van der Waals surface area contributed by atoms with Gasteiger partial charge in [0.15, 0.2) is 0 Å². The number of thiazole rings is 1. The first-order valence-electron chi connectivity index (χ1n) is 5.80. The summed E-state index contributed by atoms with van der Waals surface area (Å²) in [6.45, 7) is 9.46. The van der Waals surface area contributed by atoms with Crippen LogP contribution in [0.3, 0.4) is 0 Å². The van der Waals surface area contributed by atoms with Crippen molar-refractivity contribution in [2.24, 2.45) is 0 Å². The van der Waals surface area contributed by atoms with Crippen LogP contribution >= 0.6 is 11.3 Å². The van der Waals surface area contributed by atoms with Crippen LogP contribution in [0.5, 0.6) is 0 Å². The average molecular weight is 242 g/mol. The third kappa shape index (κ3) is 3.54. The zero-order valence-electron chi connectivity index (χ0n) is 10.8. The number of hydrogen-bond donors (Lipinski definition) is 1. The van der Waals surface area contributed by atoms with E-state index in [1.54, 1.807) is 18.4 Å². The van der Waals surface area contributed by atoms with E-state index in [4.69, 9.17) is 4.74 Å². The van der Waals surface area contributed by atoms with Gasteiger partial charge in [-0.05, 0) is 27.3 Å². The van der Waals surface area contributed by atoms with E-state index in [9.17, 15) is 0 Å². The van der Waals surface area contributed by atoms with E-state index in [0.29, 0.717) is 6.04 Å². The molecule has 0 saturated carbocycles. The molecule has 0 bridgehead atoms. The molecule has 2 unspecified atom stereocenters. The molecule has 3 nitrogen and oxygen atoms in total. The van der Waals surface area contributed by atoms with Gasteiger partial charge in [-0.1, -0.05) is 6.92 Å². The number of nitrogens with one attached hydrogen (secondary N) is 1. The first-order chi connectivity index (χ1) is 7.58. The molecule has 92 valence electrons. The van der Waals surface area contributed by atoms with Crippen molar-refractivity contribution in [1.29, 1.82) is 0 Å². The van der Waals surface area contributed by atoms with Crippen molar-refractivity contribution >= 4 is 11.3 Å². The van der Waals surface area contributed by atoms with E-state index in [2.05, 4.69) is 38.0 Å². The highest BCUT2D eigenvalue weighted by atomic mass is 32.1. The molecule has 0 aliphatic carbocycles. The first-order valence-corrected chi connectivity index (χ1v) is 6.62. The Morgan fingerprint density at radius 3 is 2.69 bits per heavy atom. The lowest BCUT2D eigenvalue weighted by molar-refractivity contribution is 0.118. The lowest BCUT2D eigenvalue weighted by Crippen LogP contribution is -2.17. The molecule has 0 fully saturated rings. The van der Waals surface area contributed by atoms with Gasteiger partial charge in [0.2, 0.25) is 0 Å². The number of hydrogen-bond acceptors (Lipinski definition) is 4. The van der Waals surface area contributed by atoms with Crippen LogP contribution in [0, 0.1) is 6.92 Å². The smallest absolute Gasteiger partial charge is 0.0957 e. The highest BCUT2D eigenvalue weighted by Crippen LogP contribution is 2.25. The Kier molecular flexibility index (Phi) is 5.38. The Labute approximate surface area is 102 Å². The van der Waals surface area contributed by atoms with Crippen LogP contribution in [-0.4, -0.2) is 24.7 Å². The molecule has 1 heterocycles. The summed E-state index contributed by atoms with van der Waals surface area (Å²) >= 11 is 1.80. The molecule has 1 N–H and O–H groups in total. The molecule has 2 atom stereocenters. The molecule has 0 radical (unpaired) electrons. The summed E-state index contributed by atoms with van der Waals surface area (Å²) < 4.78 is 5.26. The minimum absolute atomic E-state index is 0.243. The van der Waals surface area contributed by atoms with Gasteiger partial charge in [0.25, 0.3) is 0 Å². The van der Waals surface area contributed by atoms with Gasteiger partial charge in [-0.15, -0.1) is 11.3 Å². The summed E-state index contributed by atoms with van der Waals surface area (Å²) in [4.78, 5) is 5.95. The van der Waals surface area contributed by atoms with Crippen LogP contribution in [0.15, 0.2) is 0 Å². The molecule has 0 aliphatic heterocycles. The lowest BCUT2D eigenvalue weighted by Gasteiger charge is -2.10. The molecule has 0 aliphatic rings. The summed E-state index contributed by atoms with van der Waals surface area (Å²) in [7, 11) is 1.74. The van der Waals surface area contributed by atoms with Crippen LogP contribution in [0.2, 0.25) is 0 Å². The Hall–Kier alpha value is -0.450. The maximum absolute atomic E-state index is 5.26. The highest BCUT2D eigenvalue weighted by Gasteiger charge is 2.14. The Bertz CT molecular complexity index is 325. The van der Waals surface area contributed by atoms with Crippen molar-refractivity contribution < 1.29 is 4.74 Å². The van der Waals surface area contributed by atoms with E-state index in [1.807, 2.05) is 0 Å². The van der Waals surface area contributed by atoms with E-state index < -0.39 is 0 Å². The van der Waals surface area contributed by atoms with Gasteiger partial charge in [-0.3, -0.25) is 0 Å². The second kappa shape index (κ2) is 6.33. The van der Waals surface area contributed by atoms with Crippen LogP contribution in [0.25, 0.3) is 0 Å². The van der Waals surface area contributed by atoms with Gasteiger partial charge >= 0.3 is 0 Å². The van der Waals surface area contributed by atoms with E-state index in [-0.39, 0.29) is 6.10 Å². The zero-order chi connectivity index (χ0) is 12.1. The van der Waals surface area contributed by atoms with Gasteiger partial charge in [0.05, 0.1) is 16.8 Å². The third-order valence-corrected chi connectivity index (χ3v) is 4.01. The Balaban J connectivity index is 2.73. The highest BCUT2D eigenvalue weighted by molar-refractivity contribution is 7.11. The first kappa shape index (κ1) is 13.6. The molecule has 0 amide bonds. The largest absolute Gasteiger partial charge is 0.381 e. The molecule has 1 aromatic heterocycles. The van der Waals surface area contributed by atoms with Crippen molar-refractivity contribution in [2.75, 3.05) is 13.7 Å². The average Bonchev–Trinajstić information content (AvgIpc) is 2.59. The van der Waals surface area contributed by atoms with Crippen LogP contribution in [0.4, 0.5) is 0 Å². The van der Waals surface area contributed by atoms with Gasteiger partial charge in [-0.2, -0.15) is 0 Å². The van der Waals surface area contributed by atoms with Crippen molar-refractivity contribution in [1.82, 2.24) is 10.3 Å². The van der Waals surface area contributed by atoms with Crippen molar-refractivity contribution in [3.8, 4) is 0 Å². The number of aryl methyl sites for hydroxylation is 1. The van der Waals surface area contributed by atoms with Crippen molar-refractivity contribution in [3.63, 3.8) is 0 Å². The Morgan fingerprint density at radius 1 is 1.44 bits per heavy atom. The van der Waals surface area contributed by atoms with Crippen LogP contribution < -0.4 is 5.32 Å². The van der Waals surface area contributed by atoms with Gasteiger partial charge in [0.1, 0.15) is 0 Å². The standard InChI is InChI=1S/C12H22N2OS/c1-6-13-9(3)12-10(4)14-11(16-12)7-8(2)15-5/h8-9,13H,6-7H2,1-5H3. The summed E-state index contributed by atoms with van der Waals surface area (Å²) in [5.74, 6) is 0. The normalized spacial score (nSPS) is 15.1. The van der Waals surface area contributed by atoms with Gasteiger partial charge in [-0.25, -0.2) is 4.98 Å². The van der Waals surface area contributed by atoms with E-state index in [1.165, 1.54) is 9.88 Å². The molecule has 0 aromatic carbocycles. The monoisotopic (exact) mass is 242 g/mol. The second-order valence-electron chi connectivity index (χ2n) is 4.09. The minimum Gasteiger partial charge on any atom is -0.381 e. The molecule has 0 saturated heterocycles. The Morgan fingerprint density at radius 2 is 2.12 bits per heavy atom. The molecule has 1 aromatic rings. The maximum Gasteiger partial charge on any atom is 0.0957 e. The summed E-state index contributed by atoms with van der Waals surface area (Å²) in [5, 5.41) is 4.60. The van der Waals surface area contributed by atoms with Gasteiger partial charge in [0, 0.05) is 24.4 Å². The van der Waals surface area contributed by atoms with Crippen LogP contribution in [-0.2, 0) is 11.2 Å². The summed E-state index contributed by atoms with van der Waals surface area (Å²) in [5.41, 5.74) is 1.15. The fourth-order valence-electron chi connectivity index (χ4n) is 1.68. The fourth-order valence-corrected chi connectivity index (χ4v) is 2.89. The predicted molar refractivity (Wildman–Crippen MR) is 69.1 cm³/mol. The van der Waals surface area contributed by atoms with Crippen molar-refractivity contribution in [2.45, 2.75) is 46.3 Å². The second-order valence-corrected chi connectivity index (χ2v) is 5.20. The molecule has 4 heteroatoms. The number of ether oxygens (including phenoxy) is 1. The zero-order valence-corrected chi connectivity index (χ0v) is 11.6. The molecule has 0 spiro atoms. The summed E-state index contributed by atoms with van der Waals surface area (Å²) in [6, 6.07) is 0.397. The fraction of sp³-hybridized carbons (Fsp3) is 0.750. The van der Waals surface area contributed by atoms with Crippen LogP contribution in [0.1, 0.15) is 42.4 Å². The third-order valence-electron chi connectivity index (χ3n) is 2.64. The number of rotatable bonds is 6. The topological polar surface area (TPSA) is 34.1 Å². The quantitative estimate of drug-likeness (QED) is 0.833. The summed E-state index contributed by atoms with van der Waals surface area (Å²) in [6.07, 6.45) is 1.15. The molecular formula is C12H22N2OS. The number of methoxy groups -OCH3 is 1. The maximum atomic E-state index is 5.26. The number of nitrogens with zero attached hydrogens (tertiary/aromatic N) is 1. The van der Waals surface area contributed by atoms with E-state index in [0.717, 1.165) is 18.7 Å².